The first-order chi connectivity index (χ1) is 16.8. The van der Waals surface area contributed by atoms with Crippen molar-refractivity contribution in [2.45, 2.75) is 50.1 Å². The van der Waals surface area contributed by atoms with Gasteiger partial charge in [-0.3, -0.25) is 9.59 Å². The van der Waals surface area contributed by atoms with Crippen LogP contribution in [0.2, 0.25) is 0 Å². The lowest BCUT2D eigenvalue weighted by atomic mass is 10.0. The number of esters is 1. The van der Waals surface area contributed by atoms with E-state index >= 15 is 0 Å². The summed E-state index contributed by atoms with van der Waals surface area (Å²) in [5.41, 5.74) is 0.333. The van der Waals surface area contributed by atoms with Gasteiger partial charge in [0.15, 0.2) is 4.80 Å². The summed E-state index contributed by atoms with van der Waals surface area (Å²) in [4.78, 5) is 29.2. The fourth-order valence-corrected chi connectivity index (χ4v) is 7.08. The number of aromatic nitrogens is 1. The van der Waals surface area contributed by atoms with Gasteiger partial charge < -0.3 is 9.30 Å². The van der Waals surface area contributed by atoms with Crippen LogP contribution in [0.3, 0.4) is 0 Å². The Morgan fingerprint density at radius 1 is 1.17 bits per heavy atom. The van der Waals surface area contributed by atoms with E-state index in [1.54, 1.807) is 10.4 Å². The number of piperidine rings is 1. The van der Waals surface area contributed by atoms with E-state index in [4.69, 9.17) is 4.74 Å². The zero-order chi connectivity index (χ0) is 25.2. The molecule has 0 bridgehead atoms. The minimum absolute atomic E-state index is 0.0244. The third kappa shape index (κ3) is 5.07. The molecule has 0 N–H and O–H groups in total. The smallest absolute Gasteiger partial charge is 0.325 e. The molecule has 1 aliphatic rings. The summed E-state index contributed by atoms with van der Waals surface area (Å²) in [6.07, 6.45) is 3.42. The summed E-state index contributed by atoms with van der Waals surface area (Å²) >= 11 is 1.07. The van der Waals surface area contributed by atoms with E-state index < -0.39 is 27.7 Å². The number of fused-ring (bicyclic) bond motifs is 1. The highest BCUT2D eigenvalue weighted by atomic mass is 32.2. The normalized spacial score (nSPS) is 17.6. The van der Waals surface area contributed by atoms with Crippen LogP contribution in [0.15, 0.2) is 52.4 Å². The van der Waals surface area contributed by atoms with Gasteiger partial charge in [-0.15, -0.1) is 0 Å². The molecule has 1 aromatic heterocycles. The number of amides is 1. The van der Waals surface area contributed by atoms with E-state index in [0.29, 0.717) is 11.2 Å². The van der Waals surface area contributed by atoms with Gasteiger partial charge in [0, 0.05) is 18.2 Å². The Hall–Kier alpha value is -2.89. The van der Waals surface area contributed by atoms with Gasteiger partial charge in [-0.25, -0.2) is 12.8 Å². The molecular formula is C24H26FN3O5S2. The number of thiazole rings is 1. The van der Waals surface area contributed by atoms with Crippen molar-refractivity contribution in [3.8, 4) is 0 Å². The van der Waals surface area contributed by atoms with Crippen molar-refractivity contribution in [2.24, 2.45) is 4.99 Å². The molecule has 3 aromatic rings. The van der Waals surface area contributed by atoms with Gasteiger partial charge in [0.1, 0.15) is 12.4 Å². The summed E-state index contributed by atoms with van der Waals surface area (Å²) in [5, 5.41) is 0. The van der Waals surface area contributed by atoms with E-state index in [9.17, 15) is 22.4 Å². The molecule has 0 spiro atoms. The average molecular weight is 520 g/mol. The van der Waals surface area contributed by atoms with Gasteiger partial charge in [0.2, 0.25) is 10.0 Å². The van der Waals surface area contributed by atoms with E-state index in [0.717, 1.165) is 37.0 Å². The Kier molecular flexibility index (Phi) is 7.48. The molecule has 1 fully saturated rings. The number of halogens is 1. The van der Waals surface area contributed by atoms with Gasteiger partial charge >= 0.3 is 5.97 Å². The molecule has 1 aliphatic heterocycles. The summed E-state index contributed by atoms with van der Waals surface area (Å²) in [5.74, 6) is -1.79. The van der Waals surface area contributed by atoms with Crippen molar-refractivity contribution in [3.63, 3.8) is 0 Å². The lowest BCUT2D eigenvalue weighted by molar-refractivity contribution is -0.141. The summed E-state index contributed by atoms with van der Waals surface area (Å²) in [7, 11) is -2.45. The number of ether oxygens (including phenoxy) is 1. The lowest BCUT2D eigenvalue weighted by Gasteiger charge is -2.34. The highest BCUT2D eigenvalue weighted by Crippen LogP contribution is 2.27. The molecule has 1 amide bonds. The number of hydrogen-bond acceptors (Lipinski definition) is 6. The predicted octanol–water partition coefficient (Wildman–Crippen LogP) is 3.71. The van der Waals surface area contributed by atoms with Crippen molar-refractivity contribution in [3.05, 3.63) is 58.6 Å². The molecule has 0 aliphatic carbocycles. The molecule has 1 unspecified atom stereocenters. The SMILES string of the molecule is CCC1CCCCN1S(=O)(=O)c1ccc(C(=O)N=c2sc3cccc(F)c3n2CC(=O)OC)cc1. The molecular weight excluding hydrogens is 493 g/mol. The van der Waals surface area contributed by atoms with E-state index in [1.807, 2.05) is 6.92 Å². The highest BCUT2D eigenvalue weighted by Gasteiger charge is 2.32. The average Bonchev–Trinajstić information content (AvgIpc) is 3.21. The van der Waals surface area contributed by atoms with Crippen LogP contribution in [0, 0.1) is 5.82 Å². The first-order valence-corrected chi connectivity index (χ1v) is 13.6. The van der Waals surface area contributed by atoms with Crippen molar-refractivity contribution in [1.29, 1.82) is 0 Å². The number of carbonyl (C=O) groups excluding carboxylic acids is 2. The number of benzene rings is 2. The highest BCUT2D eigenvalue weighted by molar-refractivity contribution is 7.89. The molecule has 1 saturated heterocycles. The molecule has 2 aromatic carbocycles. The topological polar surface area (TPSA) is 98.0 Å². The Balaban J connectivity index is 1.67. The Labute approximate surface area is 206 Å². The standard InChI is InChI=1S/C24H26FN3O5S2/c1-3-17-7-4-5-14-28(17)35(31,32)18-12-10-16(11-13-18)23(30)26-24-27(15-21(29)33-2)22-19(25)8-6-9-20(22)34-24/h6,8-13,17H,3-5,7,14-15H2,1-2H3. The Morgan fingerprint density at radius 2 is 1.91 bits per heavy atom. The van der Waals surface area contributed by atoms with Crippen LogP contribution in [0.5, 0.6) is 0 Å². The van der Waals surface area contributed by atoms with Crippen LogP contribution < -0.4 is 4.80 Å². The molecule has 2 heterocycles. The summed E-state index contributed by atoms with van der Waals surface area (Å²) in [6, 6.07) is 10.1. The van der Waals surface area contributed by atoms with Gasteiger partial charge in [-0.1, -0.05) is 30.7 Å². The zero-order valence-electron chi connectivity index (χ0n) is 19.4. The van der Waals surface area contributed by atoms with Crippen LogP contribution in [-0.2, 0) is 26.1 Å². The molecule has 0 radical (unpaired) electrons. The molecule has 186 valence electrons. The minimum Gasteiger partial charge on any atom is -0.468 e. The number of rotatable bonds is 6. The monoisotopic (exact) mass is 519 g/mol. The van der Waals surface area contributed by atoms with Gasteiger partial charge in [-0.05, 0) is 55.7 Å². The molecule has 0 saturated carbocycles. The molecule has 4 rings (SSSR count). The predicted molar refractivity (Wildman–Crippen MR) is 130 cm³/mol. The second-order valence-electron chi connectivity index (χ2n) is 8.25. The lowest BCUT2D eigenvalue weighted by Crippen LogP contribution is -2.43. The van der Waals surface area contributed by atoms with E-state index in [2.05, 4.69) is 4.99 Å². The molecule has 35 heavy (non-hydrogen) atoms. The maximum Gasteiger partial charge on any atom is 0.325 e. The fraction of sp³-hybridized carbons (Fsp3) is 0.375. The second kappa shape index (κ2) is 10.4. The Bertz CT molecular complexity index is 1430. The Morgan fingerprint density at radius 3 is 2.60 bits per heavy atom. The number of para-hydroxylation sites is 1. The molecule has 1 atom stereocenters. The van der Waals surface area contributed by atoms with Crippen LogP contribution in [0.25, 0.3) is 10.2 Å². The van der Waals surface area contributed by atoms with Gasteiger partial charge in [0.25, 0.3) is 5.91 Å². The quantitative estimate of drug-likeness (QED) is 0.463. The van der Waals surface area contributed by atoms with Crippen molar-refractivity contribution in [1.82, 2.24) is 8.87 Å². The number of carbonyl (C=O) groups is 2. The minimum atomic E-state index is -3.67. The third-order valence-corrected chi connectivity index (χ3v) is 9.13. The van der Waals surface area contributed by atoms with Crippen LogP contribution in [0.4, 0.5) is 4.39 Å². The second-order valence-corrected chi connectivity index (χ2v) is 11.1. The largest absolute Gasteiger partial charge is 0.468 e. The first-order valence-electron chi connectivity index (χ1n) is 11.3. The van der Waals surface area contributed by atoms with Crippen molar-refractivity contribution < 1.29 is 27.1 Å². The summed E-state index contributed by atoms with van der Waals surface area (Å²) < 4.78 is 48.9. The zero-order valence-corrected chi connectivity index (χ0v) is 21.1. The first kappa shape index (κ1) is 25.2. The molecule has 11 heteroatoms. The number of sulfonamides is 1. The maximum atomic E-state index is 14.5. The van der Waals surface area contributed by atoms with Gasteiger partial charge in [0.05, 0.1) is 22.2 Å². The molecule has 8 nitrogen and oxygen atoms in total. The fourth-order valence-electron chi connectivity index (χ4n) is 4.27. The summed E-state index contributed by atoms with van der Waals surface area (Å²) in [6.45, 7) is 2.16. The van der Waals surface area contributed by atoms with Crippen molar-refractivity contribution >= 4 is 43.5 Å². The van der Waals surface area contributed by atoms with Gasteiger partial charge in [-0.2, -0.15) is 9.30 Å². The van der Waals surface area contributed by atoms with Crippen LogP contribution in [0.1, 0.15) is 43.0 Å². The van der Waals surface area contributed by atoms with Crippen molar-refractivity contribution in [2.75, 3.05) is 13.7 Å². The van der Waals surface area contributed by atoms with Crippen LogP contribution in [-0.4, -0.2) is 48.9 Å². The maximum absolute atomic E-state index is 14.5. The third-order valence-electron chi connectivity index (χ3n) is 6.12. The number of hydrogen-bond donors (Lipinski definition) is 0. The van der Waals surface area contributed by atoms with E-state index in [-0.39, 0.29) is 33.4 Å². The number of methoxy groups -OCH3 is 1. The van der Waals surface area contributed by atoms with Crippen LogP contribution >= 0.6 is 11.3 Å². The number of nitrogens with zero attached hydrogens (tertiary/aromatic N) is 3. The van der Waals surface area contributed by atoms with E-state index in [1.165, 1.54) is 48.1 Å².